The molecule has 5 nitrogen and oxygen atoms in total. The Kier molecular flexibility index (Phi) is 4.33. The van der Waals surface area contributed by atoms with Gasteiger partial charge in [-0.15, -0.1) is 0 Å². The summed E-state index contributed by atoms with van der Waals surface area (Å²) >= 11 is 3.33. The zero-order chi connectivity index (χ0) is 12.3. The number of hydrogen-bond donors (Lipinski definition) is 2. The van der Waals surface area contributed by atoms with E-state index in [0.29, 0.717) is 13.2 Å². The summed E-state index contributed by atoms with van der Waals surface area (Å²) < 4.78 is 6.23. The zero-order valence-corrected chi connectivity index (χ0v) is 10.9. The second-order valence-corrected chi connectivity index (χ2v) is 4.83. The molecule has 6 heteroatoms. The number of aromatic nitrogens is 1. The summed E-state index contributed by atoms with van der Waals surface area (Å²) in [6.07, 6.45) is 1.53. The minimum atomic E-state index is -0.180. The Morgan fingerprint density at radius 2 is 2.35 bits per heavy atom. The van der Waals surface area contributed by atoms with Gasteiger partial charge in [0.15, 0.2) is 0 Å². The van der Waals surface area contributed by atoms with Crippen LogP contribution < -0.4 is 4.90 Å². The lowest BCUT2D eigenvalue weighted by atomic mass is 10.2. The van der Waals surface area contributed by atoms with Crippen LogP contribution in [0.15, 0.2) is 16.7 Å². The second kappa shape index (κ2) is 5.77. The first-order valence-corrected chi connectivity index (χ1v) is 6.26. The Morgan fingerprint density at radius 3 is 3.06 bits per heavy atom. The first-order chi connectivity index (χ1) is 8.24. The molecule has 0 amide bonds. The van der Waals surface area contributed by atoms with E-state index < -0.39 is 0 Å². The van der Waals surface area contributed by atoms with Crippen molar-refractivity contribution in [3.63, 3.8) is 0 Å². The third-order valence-corrected chi connectivity index (χ3v) is 3.16. The highest BCUT2D eigenvalue weighted by Gasteiger charge is 2.22. The predicted octanol–water partition coefficient (Wildman–Crippen LogP) is 0.534. The number of pyridine rings is 1. The smallest absolute Gasteiger partial charge is 0.134 e. The molecule has 0 bridgehead atoms. The monoisotopic (exact) mass is 302 g/mol. The first-order valence-electron chi connectivity index (χ1n) is 5.47. The number of halogens is 1. The fraction of sp³-hybridized carbons (Fsp3) is 0.545. The van der Waals surface area contributed by atoms with E-state index in [1.807, 2.05) is 11.0 Å². The lowest BCUT2D eigenvalue weighted by Crippen LogP contribution is -2.44. The molecule has 1 saturated heterocycles. The average Bonchev–Trinajstić information content (AvgIpc) is 2.38. The minimum absolute atomic E-state index is 0.00147. The SMILES string of the molecule is OCc1cc(Br)cnc1N1CCOC(CO)C1. The molecule has 1 atom stereocenters. The Hall–Kier alpha value is -0.690. The van der Waals surface area contributed by atoms with E-state index in [9.17, 15) is 5.11 Å². The summed E-state index contributed by atoms with van der Waals surface area (Å²) in [6, 6.07) is 1.85. The van der Waals surface area contributed by atoms with Crippen molar-refractivity contribution >= 4 is 21.7 Å². The standard InChI is InChI=1S/C11H15BrN2O3/c12-9-3-8(6-15)11(13-4-9)14-1-2-17-10(5-14)7-16/h3-4,10,15-16H,1-2,5-7H2. The molecule has 0 radical (unpaired) electrons. The molecular weight excluding hydrogens is 288 g/mol. The quantitative estimate of drug-likeness (QED) is 0.853. The molecule has 0 saturated carbocycles. The van der Waals surface area contributed by atoms with Crippen LogP contribution in [-0.2, 0) is 11.3 Å². The van der Waals surface area contributed by atoms with Crippen LogP contribution in [0.5, 0.6) is 0 Å². The average molecular weight is 303 g/mol. The van der Waals surface area contributed by atoms with Gasteiger partial charge in [0.25, 0.3) is 0 Å². The van der Waals surface area contributed by atoms with Gasteiger partial charge >= 0.3 is 0 Å². The Balaban J connectivity index is 2.20. The van der Waals surface area contributed by atoms with Crippen molar-refractivity contribution < 1.29 is 14.9 Å². The molecule has 1 unspecified atom stereocenters. The van der Waals surface area contributed by atoms with Crippen LogP contribution in [0.1, 0.15) is 5.56 Å². The van der Waals surface area contributed by atoms with Gasteiger partial charge in [-0.1, -0.05) is 0 Å². The second-order valence-electron chi connectivity index (χ2n) is 3.92. The lowest BCUT2D eigenvalue weighted by molar-refractivity contribution is 0.00326. The molecule has 2 rings (SSSR count). The van der Waals surface area contributed by atoms with Gasteiger partial charge in [0.2, 0.25) is 0 Å². The molecule has 94 valence electrons. The largest absolute Gasteiger partial charge is 0.394 e. The molecule has 0 spiro atoms. The summed E-state index contributed by atoms with van der Waals surface area (Å²) in [5.74, 6) is 0.762. The molecular formula is C11H15BrN2O3. The fourth-order valence-corrected chi connectivity index (χ4v) is 2.28. The predicted molar refractivity (Wildman–Crippen MR) is 66.9 cm³/mol. The van der Waals surface area contributed by atoms with E-state index >= 15 is 0 Å². The van der Waals surface area contributed by atoms with Crippen molar-refractivity contribution in [3.8, 4) is 0 Å². The number of rotatable bonds is 3. The minimum Gasteiger partial charge on any atom is -0.394 e. The van der Waals surface area contributed by atoms with Crippen LogP contribution >= 0.6 is 15.9 Å². The third-order valence-electron chi connectivity index (χ3n) is 2.72. The summed E-state index contributed by atoms with van der Waals surface area (Å²) in [7, 11) is 0. The third kappa shape index (κ3) is 2.95. The van der Waals surface area contributed by atoms with Gasteiger partial charge in [-0.3, -0.25) is 0 Å². The van der Waals surface area contributed by atoms with Crippen molar-refractivity contribution in [1.29, 1.82) is 0 Å². The van der Waals surface area contributed by atoms with Crippen LogP contribution in [0.3, 0.4) is 0 Å². The molecule has 0 aliphatic carbocycles. The molecule has 1 aromatic heterocycles. The number of aliphatic hydroxyl groups is 2. The fourth-order valence-electron chi connectivity index (χ4n) is 1.90. The van der Waals surface area contributed by atoms with Crippen LogP contribution in [0.2, 0.25) is 0 Å². The van der Waals surface area contributed by atoms with Gasteiger partial charge in [0.1, 0.15) is 5.82 Å². The summed E-state index contributed by atoms with van der Waals surface area (Å²) in [5, 5.41) is 18.4. The van der Waals surface area contributed by atoms with Crippen LogP contribution in [-0.4, -0.2) is 47.6 Å². The van der Waals surface area contributed by atoms with Crippen molar-refractivity contribution in [3.05, 3.63) is 22.3 Å². The van der Waals surface area contributed by atoms with E-state index in [1.54, 1.807) is 6.20 Å². The van der Waals surface area contributed by atoms with Gasteiger partial charge in [0, 0.05) is 29.3 Å². The van der Waals surface area contributed by atoms with Crippen molar-refractivity contribution in [2.24, 2.45) is 0 Å². The van der Waals surface area contributed by atoms with E-state index in [2.05, 4.69) is 20.9 Å². The van der Waals surface area contributed by atoms with Crippen molar-refractivity contribution in [2.75, 3.05) is 31.2 Å². The number of ether oxygens (including phenoxy) is 1. The highest BCUT2D eigenvalue weighted by molar-refractivity contribution is 9.10. The van der Waals surface area contributed by atoms with E-state index in [0.717, 1.165) is 22.4 Å². The van der Waals surface area contributed by atoms with E-state index in [4.69, 9.17) is 9.84 Å². The number of morpholine rings is 1. The summed E-state index contributed by atoms with van der Waals surface area (Å²) in [4.78, 5) is 6.35. The molecule has 0 aromatic carbocycles. The van der Waals surface area contributed by atoms with Crippen LogP contribution in [0.25, 0.3) is 0 Å². The van der Waals surface area contributed by atoms with E-state index in [-0.39, 0.29) is 19.3 Å². The van der Waals surface area contributed by atoms with Gasteiger partial charge < -0.3 is 19.8 Å². The van der Waals surface area contributed by atoms with Gasteiger partial charge in [-0.25, -0.2) is 4.98 Å². The van der Waals surface area contributed by atoms with Crippen molar-refractivity contribution in [2.45, 2.75) is 12.7 Å². The maximum atomic E-state index is 9.33. The maximum Gasteiger partial charge on any atom is 0.134 e. The first kappa shape index (κ1) is 12.8. The van der Waals surface area contributed by atoms with Gasteiger partial charge in [-0.05, 0) is 22.0 Å². The Morgan fingerprint density at radius 1 is 1.53 bits per heavy atom. The number of aliphatic hydroxyl groups excluding tert-OH is 2. The summed E-state index contributed by atoms with van der Waals surface area (Å²) in [6.45, 7) is 1.83. The van der Waals surface area contributed by atoms with Crippen LogP contribution in [0.4, 0.5) is 5.82 Å². The maximum absolute atomic E-state index is 9.33. The molecule has 1 aliphatic heterocycles. The Bertz CT molecular complexity index is 389. The number of hydrogen-bond acceptors (Lipinski definition) is 5. The highest BCUT2D eigenvalue weighted by Crippen LogP contribution is 2.23. The topological polar surface area (TPSA) is 65.8 Å². The van der Waals surface area contributed by atoms with Gasteiger partial charge in [-0.2, -0.15) is 0 Å². The van der Waals surface area contributed by atoms with Gasteiger partial charge in [0.05, 0.1) is 25.9 Å². The highest BCUT2D eigenvalue weighted by atomic mass is 79.9. The molecule has 1 fully saturated rings. The molecule has 17 heavy (non-hydrogen) atoms. The normalized spacial score (nSPS) is 20.6. The molecule has 1 aliphatic rings. The number of anilines is 1. The molecule has 2 heterocycles. The molecule has 1 aromatic rings. The van der Waals surface area contributed by atoms with Crippen LogP contribution in [0, 0.1) is 0 Å². The lowest BCUT2D eigenvalue weighted by Gasteiger charge is -2.33. The summed E-state index contributed by atoms with van der Waals surface area (Å²) in [5.41, 5.74) is 0.776. The number of nitrogens with zero attached hydrogens (tertiary/aromatic N) is 2. The van der Waals surface area contributed by atoms with E-state index in [1.165, 1.54) is 0 Å². The zero-order valence-electron chi connectivity index (χ0n) is 9.34. The van der Waals surface area contributed by atoms with Crippen molar-refractivity contribution in [1.82, 2.24) is 4.98 Å². The molecule has 2 N–H and O–H groups in total. The Labute approximate surface area is 108 Å².